The first kappa shape index (κ1) is 14.1. The van der Waals surface area contributed by atoms with E-state index in [9.17, 15) is 18.3 Å². The Bertz CT molecular complexity index is 428. The minimum atomic E-state index is -4.39. The van der Waals surface area contributed by atoms with Gasteiger partial charge in [0.25, 0.3) is 0 Å². The molecule has 1 aliphatic heterocycles. The molecule has 1 aromatic carbocycles. The molecular formula is C13H16F3NO2. The Hall–Kier alpha value is -1.27. The van der Waals surface area contributed by atoms with Gasteiger partial charge >= 0.3 is 6.18 Å². The van der Waals surface area contributed by atoms with Crippen molar-refractivity contribution in [3.05, 3.63) is 29.3 Å². The Morgan fingerprint density at radius 1 is 1.26 bits per heavy atom. The van der Waals surface area contributed by atoms with Gasteiger partial charge in [0.2, 0.25) is 0 Å². The molecule has 19 heavy (non-hydrogen) atoms. The van der Waals surface area contributed by atoms with Crippen LogP contribution in [0.1, 0.15) is 24.0 Å². The van der Waals surface area contributed by atoms with Gasteiger partial charge in [0, 0.05) is 30.5 Å². The molecule has 0 saturated carbocycles. The van der Waals surface area contributed by atoms with Crippen molar-refractivity contribution < 1.29 is 23.0 Å². The summed E-state index contributed by atoms with van der Waals surface area (Å²) < 4.78 is 42.9. The molecule has 0 amide bonds. The lowest BCUT2D eigenvalue weighted by atomic mass is 10.1. The maximum absolute atomic E-state index is 12.6. The molecule has 2 N–H and O–H groups in total. The molecule has 0 aromatic heterocycles. The standard InChI is InChI=1S/C13H16F3NO2/c14-13(15,16)10-1-2-12(9(7-10)8-18)17-11-3-5-19-6-4-11/h1-2,7,11,17-18H,3-6,8H2. The van der Waals surface area contributed by atoms with Gasteiger partial charge in [0.05, 0.1) is 12.2 Å². The summed E-state index contributed by atoms with van der Waals surface area (Å²) in [6.45, 7) is 0.870. The Labute approximate surface area is 109 Å². The summed E-state index contributed by atoms with van der Waals surface area (Å²) in [4.78, 5) is 0. The van der Waals surface area contributed by atoms with Crippen molar-refractivity contribution >= 4 is 5.69 Å². The van der Waals surface area contributed by atoms with Crippen LogP contribution >= 0.6 is 0 Å². The molecule has 3 nitrogen and oxygen atoms in total. The van der Waals surface area contributed by atoms with E-state index < -0.39 is 18.3 Å². The fourth-order valence-electron chi connectivity index (χ4n) is 2.10. The van der Waals surface area contributed by atoms with Gasteiger partial charge in [-0.2, -0.15) is 13.2 Å². The van der Waals surface area contributed by atoms with Crippen molar-refractivity contribution in [2.45, 2.75) is 31.7 Å². The van der Waals surface area contributed by atoms with Crippen LogP contribution in [0.5, 0.6) is 0 Å². The fourth-order valence-corrected chi connectivity index (χ4v) is 2.10. The normalized spacial score (nSPS) is 17.5. The number of ether oxygens (including phenoxy) is 1. The van der Waals surface area contributed by atoms with Crippen LogP contribution in [0.4, 0.5) is 18.9 Å². The molecule has 0 bridgehead atoms. The van der Waals surface area contributed by atoms with Crippen LogP contribution in [0.2, 0.25) is 0 Å². The van der Waals surface area contributed by atoms with E-state index in [1.807, 2.05) is 0 Å². The summed E-state index contributed by atoms with van der Waals surface area (Å²) in [6, 6.07) is 3.57. The van der Waals surface area contributed by atoms with Crippen LogP contribution in [0.15, 0.2) is 18.2 Å². The lowest BCUT2D eigenvalue weighted by Crippen LogP contribution is -2.28. The Balaban J connectivity index is 2.16. The Kier molecular flexibility index (Phi) is 4.31. The molecule has 0 spiro atoms. The average molecular weight is 275 g/mol. The highest BCUT2D eigenvalue weighted by Gasteiger charge is 2.31. The molecule has 1 aromatic rings. The predicted molar refractivity (Wildman–Crippen MR) is 64.8 cm³/mol. The molecule has 1 aliphatic rings. The van der Waals surface area contributed by atoms with Crippen molar-refractivity contribution in [2.75, 3.05) is 18.5 Å². The van der Waals surface area contributed by atoms with Crippen LogP contribution in [0.3, 0.4) is 0 Å². The number of benzene rings is 1. The van der Waals surface area contributed by atoms with E-state index >= 15 is 0 Å². The molecule has 0 unspecified atom stereocenters. The third-order valence-electron chi connectivity index (χ3n) is 3.18. The summed E-state index contributed by atoms with van der Waals surface area (Å²) in [6.07, 6.45) is -2.76. The lowest BCUT2D eigenvalue weighted by molar-refractivity contribution is -0.137. The van der Waals surface area contributed by atoms with E-state index in [1.54, 1.807) is 0 Å². The molecule has 106 valence electrons. The van der Waals surface area contributed by atoms with E-state index in [0.29, 0.717) is 18.9 Å². The maximum atomic E-state index is 12.6. The number of alkyl halides is 3. The zero-order chi connectivity index (χ0) is 13.9. The average Bonchev–Trinajstić information content (AvgIpc) is 2.39. The summed E-state index contributed by atoms with van der Waals surface area (Å²) in [7, 11) is 0. The molecule has 0 aliphatic carbocycles. The molecule has 6 heteroatoms. The number of nitrogens with one attached hydrogen (secondary N) is 1. The molecule has 0 atom stereocenters. The monoisotopic (exact) mass is 275 g/mol. The van der Waals surface area contributed by atoms with Gasteiger partial charge in [-0.15, -0.1) is 0 Å². The minimum absolute atomic E-state index is 0.177. The number of halogens is 3. The number of anilines is 1. The SMILES string of the molecule is OCc1cc(C(F)(F)F)ccc1NC1CCOCC1. The summed E-state index contributed by atoms with van der Waals surface area (Å²) in [5.41, 5.74) is 0.0813. The van der Waals surface area contributed by atoms with Gasteiger partial charge in [0.1, 0.15) is 0 Å². The first-order chi connectivity index (χ1) is 9.00. The number of aliphatic hydroxyl groups is 1. The topological polar surface area (TPSA) is 41.5 Å². The summed E-state index contributed by atoms with van der Waals surface area (Å²) in [5.74, 6) is 0. The van der Waals surface area contributed by atoms with Gasteiger partial charge < -0.3 is 15.2 Å². The summed E-state index contributed by atoms with van der Waals surface area (Å²) in [5, 5.41) is 12.4. The van der Waals surface area contributed by atoms with Crippen molar-refractivity contribution in [1.82, 2.24) is 0 Å². The van der Waals surface area contributed by atoms with Gasteiger partial charge in [-0.3, -0.25) is 0 Å². The second-order valence-corrected chi connectivity index (χ2v) is 4.56. The van der Waals surface area contributed by atoms with Crippen LogP contribution in [0, 0.1) is 0 Å². The quantitative estimate of drug-likeness (QED) is 0.891. The maximum Gasteiger partial charge on any atom is 0.416 e. The van der Waals surface area contributed by atoms with E-state index in [1.165, 1.54) is 6.07 Å². The van der Waals surface area contributed by atoms with E-state index in [2.05, 4.69) is 5.32 Å². The van der Waals surface area contributed by atoms with Gasteiger partial charge in [-0.1, -0.05) is 0 Å². The van der Waals surface area contributed by atoms with E-state index in [0.717, 1.165) is 25.0 Å². The van der Waals surface area contributed by atoms with Crippen molar-refractivity contribution in [2.24, 2.45) is 0 Å². The minimum Gasteiger partial charge on any atom is -0.392 e. The number of aliphatic hydroxyl groups excluding tert-OH is 1. The highest BCUT2D eigenvalue weighted by Crippen LogP contribution is 2.32. The smallest absolute Gasteiger partial charge is 0.392 e. The number of rotatable bonds is 3. The van der Waals surface area contributed by atoms with Crippen LogP contribution < -0.4 is 5.32 Å². The Morgan fingerprint density at radius 2 is 1.95 bits per heavy atom. The molecule has 1 saturated heterocycles. The predicted octanol–water partition coefficient (Wildman–Crippen LogP) is 2.79. The fraction of sp³-hybridized carbons (Fsp3) is 0.538. The van der Waals surface area contributed by atoms with Crippen molar-refractivity contribution in [3.63, 3.8) is 0 Å². The largest absolute Gasteiger partial charge is 0.416 e. The molecule has 0 radical (unpaired) electrons. The van der Waals surface area contributed by atoms with Crippen LogP contribution in [-0.4, -0.2) is 24.4 Å². The molecular weight excluding hydrogens is 259 g/mol. The zero-order valence-electron chi connectivity index (χ0n) is 10.3. The second kappa shape index (κ2) is 5.79. The van der Waals surface area contributed by atoms with Crippen molar-refractivity contribution in [3.8, 4) is 0 Å². The lowest BCUT2D eigenvalue weighted by Gasteiger charge is -2.25. The molecule has 2 rings (SSSR count). The third-order valence-corrected chi connectivity index (χ3v) is 3.18. The molecule has 1 fully saturated rings. The first-order valence-corrected chi connectivity index (χ1v) is 6.16. The van der Waals surface area contributed by atoms with E-state index in [-0.39, 0.29) is 11.6 Å². The third kappa shape index (κ3) is 3.61. The Morgan fingerprint density at radius 3 is 2.53 bits per heavy atom. The van der Waals surface area contributed by atoms with E-state index in [4.69, 9.17) is 4.74 Å². The van der Waals surface area contributed by atoms with Gasteiger partial charge in [-0.25, -0.2) is 0 Å². The molecule has 1 heterocycles. The van der Waals surface area contributed by atoms with Crippen molar-refractivity contribution in [1.29, 1.82) is 0 Å². The van der Waals surface area contributed by atoms with Crippen LogP contribution in [-0.2, 0) is 17.5 Å². The zero-order valence-corrected chi connectivity index (χ0v) is 10.3. The highest BCUT2D eigenvalue weighted by atomic mass is 19.4. The highest BCUT2D eigenvalue weighted by molar-refractivity contribution is 5.53. The van der Waals surface area contributed by atoms with Crippen LogP contribution in [0.25, 0.3) is 0 Å². The number of hydrogen-bond acceptors (Lipinski definition) is 3. The number of hydrogen-bond donors (Lipinski definition) is 2. The second-order valence-electron chi connectivity index (χ2n) is 4.56. The first-order valence-electron chi connectivity index (χ1n) is 6.16. The van der Waals surface area contributed by atoms with Gasteiger partial charge in [0.15, 0.2) is 0 Å². The van der Waals surface area contributed by atoms with Gasteiger partial charge in [-0.05, 0) is 31.0 Å². The summed E-state index contributed by atoms with van der Waals surface area (Å²) >= 11 is 0.